The topological polar surface area (TPSA) is 58.2 Å². The summed E-state index contributed by atoms with van der Waals surface area (Å²) in [5, 5.41) is 4.90. The summed E-state index contributed by atoms with van der Waals surface area (Å²) in [7, 11) is 0. The van der Waals surface area contributed by atoms with Crippen molar-refractivity contribution in [1.29, 1.82) is 0 Å². The molecule has 0 radical (unpaired) electrons. The van der Waals surface area contributed by atoms with Crippen LogP contribution in [0, 0.1) is 11.8 Å². The lowest BCUT2D eigenvalue weighted by Crippen LogP contribution is -2.51. The molecule has 1 aliphatic carbocycles. The minimum atomic E-state index is -0.435. The minimum absolute atomic E-state index is 0.0667. The average molecular weight is 278 g/mol. The molecule has 2 unspecified atom stereocenters. The number of allylic oxidation sites excluding steroid dienone is 3. The van der Waals surface area contributed by atoms with Gasteiger partial charge in [0.2, 0.25) is 0 Å². The first-order valence-corrected chi connectivity index (χ1v) is 7.04. The van der Waals surface area contributed by atoms with Gasteiger partial charge in [-0.2, -0.15) is 0 Å². The van der Waals surface area contributed by atoms with E-state index in [1.165, 1.54) is 25.7 Å². The smallest absolute Gasteiger partial charge is 0.263 e. The lowest BCUT2D eigenvalue weighted by molar-refractivity contribution is -0.123. The van der Waals surface area contributed by atoms with Crippen LogP contribution < -0.4 is 10.6 Å². The van der Waals surface area contributed by atoms with Gasteiger partial charge in [-0.1, -0.05) is 38.3 Å². The zero-order chi connectivity index (χ0) is 13.8. The van der Waals surface area contributed by atoms with E-state index in [1.54, 1.807) is 6.08 Å². The van der Waals surface area contributed by atoms with Crippen LogP contribution in [0.15, 0.2) is 23.8 Å². The van der Waals surface area contributed by atoms with Crippen LogP contribution in [0.5, 0.6) is 0 Å². The third kappa shape index (κ3) is 3.50. The Balaban J connectivity index is 2.02. The number of carbonyl (C=O) groups is 2. The van der Waals surface area contributed by atoms with E-state index in [9.17, 15) is 9.59 Å². The zero-order valence-corrected chi connectivity index (χ0v) is 11.8. The number of rotatable bonds is 2. The second-order valence-electron chi connectivity index (χ2n) is 5.13. The van der Waals surface area contributed by atoms with Crippen LogP contribution in [-0.4, -0.2) is 16.9 Å². The largest absolute Gasteiger partial charge is 0.299 e. The van der Waals surface area contributed by atoms with Crippen molar-refractivity contribution in [2.75, 3.05) is 0 Å². The fourth-order valence-electron chi connectivity index (χ4n) is 2.55. The summed E-state index contributed by atoms with van der Waals surface area (Å²) in [6, 6.07) is 0. The Bertz CT molecular complexity index is 446. The summed E-state index contributed by atoms with van der Waals surface area (Å²) in [4.78, 5) is 23.2. The fourth-order valence-corrected chi connectivity index (χ4v) is 2.74. The Morgan fingerprint density at radius 3 is 2.42 bits per heavy atom. The van der Waals surface area contributed by atoms with E-state index in [1.807, 2.05) is 6.08 Å². The molecule has 1 saturated heterocycles. The maximum atomic E-state index is 11.6. The Kier molecular flexibility index (Phi) is 4.47. The molecule has 2 aliphatic rings. The number of nitrogens with one attached hydrogen (secondary N) is 2. The molecule has 2 amide bonds. The van der Waals surface area contributed by atoms with Crippen LogP contribution in [-0.2, 0) is 9.59 Å². The molecule has 1 heterocycles. The van der Waals surface area contributed by atoms with Gasteiger partial charge in [-0.15, -0.1) is 0 Å². The van der Waals surface area contributed by atoms with Crippen molar-refractivity contribution in [1.82, 2.24) is 10.6 Å². The predicted molar refractivity (Wildman–Crippen MR) is 77.2 cm³/mol. The molecule has 1 aliphatic heterocycles. The molecule has 2 rings (SSSR count). The summed E-state index contributed by atoms with van der Waals surface area (Å²) in [6.07, 6.45) is 10.5. The molecule has 0 aromatic carbocycles. The maximum Gasteiger partial charge on any atom is 0.263 e. The van der Waals surface area contributed by atoms with E-state index >= 15 is 0 Å². The normalized spacial score (nSPS) is 28.3. The number of amides is 2. The predicted octanol–water partition coefficient (Wildman–Crippen LogP) is 1.83. The van der Waals surface area contributed by atoms with E-state index in [0.29, 0.717) is 11.8 Å². The molecule has 2 N–H and O–H groups in total. The molecule has 0 aromatic rings. The summed E-state index contributed by atoms with van der Waals surface area (Å²) >= 11 is 4.73. The second-order valence-corrected chi connectivity index (χ2v) is 5.54. The highest BCUT2D eigenvalue weighted by molar-refractivity contribution is 7.80. The van der Waals surface area contributed by atoms with Crippen LogP contribution in [0.1, 0.15) is 32.6 Å². The summed E-state index contributed by atoms with van der Waals surface area (Å²) in [5.74, 6) is 0.344. The van der Waals surface area contributed by atoms with E-state index in [0.717, 1.165) is 0 Å². The summed E-state index contributed by atoms with van der Waals surface area (Å²) < 4.78 is 0. The minimum Gasteiger partial charge on any atom is -0.299 e. The maximum absolute atomic E-state index is 11.6. The summed E-state index contributed by atoms with van der Waals surface area (Å²) in [5.41, 5.74) is 0.105. The quantitative estimate of drug-likeness (QED) is 0.460. The van der Waals surface area contributed by atoms with E-state index in [2.05, 4.69) is 23.6 Å². The first kappa shape index (κ1) is 13.9. The molecule has 2 fully saturated rings. The van der Waals surface area contributed by atoms with E-state index < -0.39 is 11.8 Å². The number of hydrogen-bond acceptors (Lipinski definition) is 3. The van der Waals surface area contributed by atoms with Crippen molar-refractivity contribution >= 4 is 29.1 Å². The highest BCUT2D eigenvalue weighted by Crippen LogP contribution is 2.30. The Labute approximate surface area is 118 Å². The van der Waals surface area contributed by atoms with Gasteiger partial charge in [-0.05, 0) is 36.6 Å². The molecule has 102 valence electrons. The molecule has 0 spiro atoms. The van der Waals surface area contributed by atoms with Crippen molar-refractivity contribution in [3.8, 4) is 0 Å². The number of hydrogen-bond donors (Lipinski definition) is 2. The van der Waals surface area contributed by atoms with Gasteiger partial charge in [-0.25, -0.2) is 0 Å². The van der Waals surface area contributed by atoms with Crippen molar-refractivity contribution in [2.24, 2.45) is 11.8 Å². The fraction of sp³-hybridized carbons (Fsp3) is 0.500. The second kappa shape index (κ2) is 6.10. The molecule has 1 saturated carbocycles. The van der Waals surface area contributed by atoms with Crippen molar-refractivity contribution in [3.05, 3.63) is 23.8 Å². The number of carbonyl (C=O) groups excluding carboxylic acids is 2. The molecule has 0 bridgehead atoms. The van der Waals surface area contributed by atoms with Gasteiger partial charge in [-0.3, -0.25) is 20.2 Å². The highest BCUT2D eigenvalue weighted by Gasteiger charge is 2.25. The first-order chi connectivity index (χ1) is 9.08. The monoisotopic (exact) mass is 278 g/mol. The lowest BCUT2D eigenvalue weighted by Gasteiger charge is -2.25. The lowest BCUT2D eigenvalue weighted by atomic mass is 9.80. The van der Waals surface area contributed by atoms with Crippen LogP contribution in [0.2, 0.25) is 0 Å². The first-order valence-electron chi connectivity index (χ1n) is 6.63. The third-order valence-corrected chi connectivity index (χ3v) is 3.95. The van der Waals surface area contributed by atoms with Gasteiger partial charge in [0.15, 0.2) is 5.11 Å². The van der Waals surface area contributed by atoms with E-state index in [4.69, 9.17) is 12.2 Å². The van der Waals surface area contributed by atoms with Crippen LogP contribution in [0.4, 0.5) is 0 Å². The number of thiocarbonyl (C=S) groups is 1. The Hall–Kier alpha value is -1.49. The molecular formula is C14H18N2O2S. The zero-order valence-electron chi connectivity index (χ0n) is 10.9. The van der Waals surface area contributed by atoms with Gasteiger partial charge in [0.1, 0.15) is 5.57 Å². The van der Waals surface area contributed by atoms with Gasteiger partial charge in [0, 0.05) is 0 Å². The highest BCUT2D eigenvalue weighted by atomic mass is 32.1. The third-order valence-electron chi connectivity index (χ3n) is 3.74. The van der Waals surface area contributed by atoms with Gasteiger partial charge >= 0.3 is 0 Å². The van der Waals surface area contributed by atoms with Crippen LogP contribution in [0.3, 0.4) is 0 Å². The summed E-state index contributed by atoms with van der Waals surface area (Å²) in [6.45, 7) is 2.25. The average Bonchev–Trinajstić information content (AvgIpc) is 2.34. The van der Waals surface area contributed by atoms with Crippen molar-refractivity contribution < 1.29 is 9.59 Å². The molecule has 5 heteroatoms. The van der Waals surface area contributed by atoms with E-state index in [-0.39, 0.29) is 10.7 Å². The molecule has 0 aromatic heterocycles. The molecule has 2 atom stereocenters. The van der Waals surface area contributed by atoms with Gasteiger partial charge < -0.3 is 0 Å². The van der Waals surface area contributed by atoms with Crippen LogP contribution >= 0.6 is 12.2 Å². The van der Waals surface area contributed by atoms with Crippen molar-refractivity contribution in [3.63, 3.8) is 0 Å². The molecule has 4 nitrogen and oxygen atoms in total. The SMILES string of the molecule is CC1CCCCC1/C=C/C=C1C(=O)NC(=S)NC1=O. The molecule has 19 heavy (non-hydrogen) atoms. The van der Waals surface area contributed by atoms with Gasteiger partial charge in [0.05, 0.1) is 0 Å². The van der Waals surface area contributed by atoms with Gasteiger partial charge in [0.25, 0.3) is 11.8 Å². The Morgan fingerprint density at radius 2 is 1.79 bits per heavy atom. The molecular weight excluding hydrogens is 260 g/mol. The Morgan fingerprint density at radius 1 is 1.16 bits per heavy atom. The standard InChI is InChI=1S/C14H18N2O2S/c1-9-5-2-3-6-10(9)7-4-8-11-12(17)15-14(19)16-13(11)18/h4,7-10H,2-3,5-6H2,1H3,(H2,15,16,17,18,19)/b7-4+. The van der Waals surface area contributed by atoms with Crippen molar-refractivity contribution in [2.45, 2.75) is 32.6 Å². The van der Waals surface area contributed by atoms with Crippen LogP contribution in [0.25, 0.3) is 0 Å².